The molecule has 5 nitrogen and oxygen atoms in total. The molecule has 0 unspecified atom stereocenters. The van der Waals surface area contributed by atoms with E-state index in [-0.39, 0.29) is 19.0 Å². The van der Waals surface area contributed by atoms with E-state index in [1.807, 2.05) is 0 Å². The van der Waals surface area contributed by atoms with Crippen LogP contribution in [0.25, 0.3) is 0 Å². The Morgan fingerprint density at radius 3 is 1.93 bits per heavy atom. The maximum Gasteiger partial charge on any atom is 0.431 e. The number of halogens is 4. The summed E-state index contributed by atoms with van der Waals surface area (Å²) >= 11 is 0. The molecule has 4 aliphatic carbocycles. The smallest absolute Gasteiger partial charge is 0.431 e. The first kappa shape index (κ1) is 20.8. The van der Waals surface area contributed by atoms with Gasteiger partial charge in [0.05, 0.1) is 12.0 Å². The third-order valence-corrected chi connectivity index (χ3v) is 7.29. The number of carbonyl (C=O) groups is 1. The molecule has 0 aromatic rings. The molecule has 4 bridgehead atoms. The van der Waals surface area contributed by atoms with Crippen LogP contribution in [0, 0.1) is 23.2 Å². The first-order valence-corrected chi connectivity index (χ1v) is 10.7. The van der Waals surface area contributed by atoms with Gasteiger partial charge < -0.3 is 4.74 Å². The number of carbonyl (C=O) groups excluding carboxylic acids is 1. The van der Waals surface area contributed by atoms with E-state index in [2.05, 4.69) is 0 Å². The number of alkyl halides is 4. The summed E-state index contributed by atoms with van der Waals surface area (Å²) in [5, 5.41) is -5.55. The van der Waals surface area contributed by atoms with E-state index in [4.69, 9.17) is 9.29 Å². The van der Waals surface area contributed by atoms with Crippen molar-refractivity contribution in [1.29, 1.82) is 0 Å². The fraction of sp³-hybridized carbons (Fsp3) is 0.941. The zero-order valence-electron chi connectivity index (χ0n) is 14.8. The Morgan fingerprint density at radius 2 is 1.48 bits per heavy atom. The first-order valence-electron chi connectivity index (χ1n) is 9.26. The number of hydrogen-bond acceptors (Lipinski definition) is 4. The second-order valence-corrected chi connectivity index (χ2v) is 9.95. The standard InChI is InChI=1S/C17H24F4O5S/c18-16(19,17(20,21)27(23,24)25)3-1-2-4-26-14(22)15-8-11-5-12(9-15)7-13(6-11)10-15/h11-13H,1-10H2,(H,23,24,25). The van der Waals surface area contributed by atoms with Crippen LogP contribution < -0.4 is 0 Å². The van der Waals surface area contributed by atoms with Crippen LogP contribution in [0.4, 0.5) is 17.6 Å². The molecule has 0 saturated heterocycles. The van der Waals surface area contributed by atoms with E-state index in [1.165, 1.54) is 0 Å². The Kier molecular flexibility index (Phi) is 5.29. The molecule has 0 aromatic heterocycles. The molecular weight excluding hydrogens is 392 g/mol. The molecule has 4 rings (SSSR count). The Bertz CT molecular complexity index is 656. The van der Waals surface area contributed by atoms with E-state index < -0.39 is 39.6 Å². The summed E-state index contributed by atoms with van der Waals surface area (Å²) in [5.41, 5.74) is -0.476. The molecule has 4 saturated carbocycles. The van der Waals surface area contributed by atoms with Crippen molar-refractivity contribution in [3.63, 3.8) is 0 Å². The van der Waals surface area contributed by atoms with Gasteiger partial charge in [-0.05, 0) is 69.1 Å². The van der Waals surface area contributed by atoms with Crippen LogP contribution in [0.3, 0.4) is 0 Å². The van der Waals surface area contributed by atoms with Crippen LogP contribution >= 0.6 is 0 Å². The third-order valence-electron chi connectivity index (χ3n) is 6.34. The average molecular weight is 416 g/mol. The summed E-state index contributed by atoms with van der Waals surface area (Å²) < 4.78 is 87.4. The lowest BCUT2D eigenvalue weighted by Gasteiger charge is -2.55. The number of esters is 1. The molecule has 0 aliphatic heterocycles. The van der Waals surface area contributed by atoms with Gasteiger partial charge in [0.25, 0.3) is 0 Å². The van der Waals surface area contributed by atoms with Crippen LogP contribution in [0.1, 0.15) is 57.8 Å². The van der Waals surface area contributed by atoms with Gasteiger partial charge in [-0.15, -0.1) is 0 Å². The largest absolute Gasteiger partial charge is 0.465 e. The molecule has 0 atom stereocenters. The van der Waals surface area contributed by atoms with Gasteiger partial charge in [0.2, 0.25) is 0 Å². The van der Waals surface area contributed by atoms with Crippen molar-refractivity contribution in [2.75, 3.05) is 6.61 Å². The lowest BCUT2D eigenvalue weighted by atomic mass is 9.49. The molecular formula is C17H24F4O5S. The fourth-order valence-electron chi connectivity index (χ4n) is 5.46. The minimum atomic E-state index is -6.21. The molecule has 4 fully saturated rings. The SMILES string of the molecule is O=C(OCCCCC(F)(F)C(F)(F)S(=O)(=O)O)C12CC3CC(CC(C3)C1)C2. The van der Waals surface area contributed by atoms with Crippen LogP contribution in [-0.2, 0) is 19.6 Å². The first-order chi connectivity index (χ1) is 12.4. The van der Waals surface area contributed by atoms with Gasteiger partial charge in [-0.25, -0.2) is 0 Å². The van der Waals surface area contributed by atoms with E-state index in [0.717, 1.165) is 38.5 Å². The van der Waals surface area contributed by atoms with Crippen LogP contribution in [-0.4, -0.2) is 36.7 Å². The second-order valence-electron chi connectivity index (χ2n) is 8.49. The molecule has 0 aromatic carbocycles. The van der Waals surface area contributed by atoms with Crippen molar-refractivity contribution in [1.82, 2.24) is 0 Å². The summed E-state index contributed by atoms with van der Waals surface area (Å²) in [7, 11) is -6.21. The van der Waals surface area contributed by atoms with E-state index >= 15 is 0 Å². The summed E-state index contributed by atoms with van der Waals surface area (Å²) in [6, 6.07) is 0. The second kappa shape index (κ2) is 6.86. The Balaban J connectivity index is 1.45. The summed E-state index contributed by atoms with van der Waals surface area (Å²) in [4.78, 5) is 12.5. The zero-order valence-corrected chi connectivity index (χ0v) is 15.6. The van der Waals surface area contributed by atoms with Gasteiger partial charge in [0, 0.05) is 6.42 Å². The molecule has 156 valence electrons. The Hall–Kier alpha value is -0.900. The number of rotatable bonds is 8. The van der Waals surface area contributed by atoms with Crippen LogP contribution in [0.15, 0.2) is 0 Å². The fourth-order valence-corrected chi connectivity index (χ4v) is 5.94. The summed E-state index contributed by atoms with van der Waals surface area (Å²) in [5.74, 6) is -3.58. The van der Waals surface area contributed by atoms with Crippen LogP contribution in [0.5, 0.6) is 0 Å². The minimum Gasteiger partial charge on any atom is -0.465 e. The number of hydrogen-bond donors (Lipinski definition) is 1. The predicted molar refractivity (Wildman–Crippen MR) is 86.9 cm³/mol. The minimum absolute atomic E-state index is 0.0880. The highest BCUT2D eigenvalue weighted by atomic mass is 32.2. The number of unbranched alkanes of at least 4 members (excludes halogenated alkanes) is 1. The summed E-state index contributed by atoms with van der Waals surface area (Å²) in [6.07, 6.45) is 3.89. The van der Waals surface area contributed by atoms with Gasteiger partial charge in [-0.2, -0.15) is 26.0 Å². The van der Waals surface area contributed by atoms with Gasteiger partial charge in [0.15, 0.2) is 0 Å². The molecule has 4 aliphatic rings. The molecule has 1 N–H and O–H groups in total. The lowest BCUT2D eigenvalue weighted by molar-refractivity contribution is -0.172. The quantitative estimate of drug-likeness (QED) is 0.280. The lowest BCUT2D eigenvalue weighted by Crippen LogP contribution is -2.50. The predicted octanol–water partition coefficient (Wildman–Crippen LogP) is 4.03. The van der Waals surface area contributed by atoms with Gasteiger partial charge >= 0.3 is 27.3 Å². The Morgan fingerprint density at radius 1 is 1.00 bits per heavy atom. The number of ether oxygens (including phenoxy) is 1. The molecule has 0 radical (unpaired) electrons. The van der Waals surface area contributed by atoms with Crippen molar-refractivity contribution in [3.8, 4) is 0 Å². The summed E-state index contributed by atoms with van der Waals surface area (Å²) in [6.45, 7) is -0.173. The van der Waals surface area contributed by atoms with E-state index in [0.29, 0.717) is 17.8 Å². The van der Waals surface area contributed by atoms with Crippen LogP contribution in [0.2, 0.25) is 0 Å². The highest BCUT2D eigenvalue weighted by molar-refractivity contribution is 7.87. The molecule has 0 spiro atoms. The highest BCUT2D eigenvalue weighted by Crippen LogP contribution is 2.60. The molecule has 10 heteroatoms. The topological polar surface area (TPSA) is 80.7 Å². The van der Waals surface area contributed by atoms with E-state index in [9.17, 15) is 30.8 Å². The van der Waals surface area contributed by atoms with Gasteiger partial charge in [0.1, 0.15) is 0 Å². The highest BCUT2D eigenvalue weighted by Gasteiger charge is 2.64. The maximum absolute atomic E-state index is 13.4. The normalized spacial score (nSPS) is 33.3. The van der Waals surface area contributed by atoms with E-state index in [1.54, 1.807) is 0 Å². The van der Waals surface area contributed by atoms with Crippen molar-refractivity contribution in [2.45, 2.75) is 69.0 Å². The molecule has 0 amide bonds. The molecule has 27 heavy (non-hydrogen) atoms. The zero-order chi connectivity index (χ0) is 20.1. The van der Waals surface area contributed by atoms with Crippen molar-refractivity contribution in [2.24, 2.45) is 23.2 Å². The Labute approximate surface area is 155 Å². The third kappa shape index (κ3) is 3.83. The van der Waals surface area contributed by atoms with Crippen molar-refractivity contribution < 1.29 is 40.1 Å². The average Bonchev–Trinajstić information content (AvgIpc) is 2.51. The van der Waals surface area contributed by atoms with Crippen molar-refractivity contribution in [3.05, 3.63) is 0 Å². The molecule has 0 heterocycles. The van der Waals surface area contributed by atoms with Gasteiger partial charge in [-0.3, -0.25) is 9.35 Å². The van der Waals surface area contributed by atoms with Gasteiger partial charge in [-0.1, -0.05) is 0 Å². The monoisotopic (exact) mass is 416 g/mol. The maximum atomic E-state index is 13.4. The van der Waals surface area contributed by atoms with Crippen molar-refractivity contribution >= 4 is 16.1 Å².